The molecule has 0 aliphatic carbocycles. The minimum Gasteiger partial charge on any atom is -0.379 e. The number of rotatable bonds is 7. The van der Waals surface area contributed by atoms with Crippen LogP contribution in [0.3, 0.4) is 0 Å². The monoisotopic (exact) mass is 354 g/mol. The van der Waals surface area contributed by atoms with Crippen LogP contribution in [-0.2, 0) is 11.2 Å². The summed E-state index contributed by atoms with van der Waals surface area (Å²) < 4.78 is 5.32. The van der Waals surface area contributed by atoms with Gasteiger partial charge >= 0.3 is 0 Å². The van der Waals surface area contributed by atoms with Gasteiger partial charge in [0.25, 0.3) is 5.91 Å². The van der Waals surface area contributed by atoms with Crippen LogP contribution in [0.5, 0.6) is 0 Å². The number of nitrogens with one attached hydrogen (secondary N) is 2. The lowest BCUT2D eigenvalue weighted by Crippen LogP contribution is -2.41. The fraction of sp³-hybridized carbons (Fsp3) is 0.400. The predicted molar refractivity (Wildman–Crippen MR) is 103 cm³/mol. The van der Waals surface area contributed by atoms with Gasteiger partial charge in [-0.25, -0.2) is 4.98 Å². The lowest BCUT2D eigenvalue weighted by atomic mass is 10.1. The molecule has 1 saturated heterocycles. The number of carbonyl (C=O) groups excluding carboxylic acids is 1. The summed E-state index contributed by atoms with van der Waals surface area (Å²) in [7, 11) is 0. The molecule has 6 nitrogen and oxygen atoms in total. The Hall–Kier alpha value is -2.44. The minimum absolute atomic E-state index is 0.0930. The quantitative estimate of drug-likeness (QED) is 0.799. The first-order valence-electron chi connectivity index (χ1n) is 9.15. The molecule has 6 heteroatoms. The van der Waals surface area contributed by atoms with Crippen molar-refractivity contribution in [2.24, 2.45) is 0 Å². The van der Waals surface area contributed by atoms with E-state index in [1.807, 2.05) is 18.2 Å². The summed E-state index contributed by atoms with van der Waals surface area (Å²) >= 11 is 0. The number of ether oxygens (including phenoxy) is 1. The van der Waals surface area contributed by atoms with Crippen molar-refractivity contribution in [1.82, 2.24) is 15.2 Å². The second-order valence-corrected chi connectivity index (χ2v) is 6.32. The van der Waals surface area contributed by atoms with Crippen LogP contribution in [0.4, 0.5) is 11.5 Å². The summed E-state index contributed by atoms with van der Waals surface area (Å²) in [6, 6.07) is 11.9. The molecule has 1 aliphatic heterocycles. The molecule has 0 saturated carbocycles. The molecule has 2 heterocycles. The fourth-order valence-electron chi connectivity index (χ4n) is 2.83. The lowest BCUT2D eigenvalue weighted by Gasteiger charge is -2.26. The maximum atomic E-state index is 12.2. The first kappa shape index (κ1) is 18.4. The van der Waals surface area contributed by atoms with Crippen LogP contribution in [0, 0.1) is 0 Å². The van der Waals surface area contributed by atoms with Crippen LogP contribution in [0.2, 0.25) is 0 Å². The van der Waals surface area contributed by atoms with Crippen LogP contribution in [0.15, 0.2) is 42.6 Å². The van der Waals surface area contributed by atoms with Crippen molar-refractivity contribution >= 4 is 17.4 Å². The van der Waals surface area contributed by atoms with Crippen molar-refractivity contribution in [3.8, 4) is 0 Å². The maximum absolute atomic E-state index is 12.2. The Balaban J connectivity index is 1.47. The zero-order chi connectivity index (χ0) is 18.2. The van der Waals surface area contributed by atoms with Crippen molar-refractivity contribution in [2.75, 3.05) is 44.7 Å². The van der Waals surface area contributed by atoms with Gasteiger partial charge in [0.15, 0.2) is 0 Å². The topological polar surface area (TPSA) is 66.5 Å². The standard InChI is InChI=1S/C20H26N4O2/c1-2-16-3-6-18(7-4-16)23-19-8-5-17(15-22-19)20(25)21-9-10-24-11-13-26-14-12-24/h3-8,15H,2,9-14H2,1H3,(H,21,25)(H,22,23). The molecular formula is C20H26N4O2. The molecule has 1 aromatic carbocycles. The molecule has 2 aromatic rings. The third-order valence-corrected chi connectivity index (χ3v) is 4.48. The van der Waals surface area contributed by atoms with Gasteiger partial charge in [-0.05, 0) is 36.2 Å². The molecule has 0 bridgehead atoms. The molecular weight excluding hydrogens is 328 g/mol. The van der Waals surface area contributed by atoms with E-state index in [9.17, 15) is 4.79 Å². The Morgan fingerprint density at radius 2 is 1.92 bits per heavy atom. The summed E-state index contributed by atoms with van der Waals surface area (Å²) in [6.45, 7) is 7.00. The summed E-state index contributed by atoms with van der Waals surface area (Å²) in [5.41, 5.74) is 2.85. The molecule has 1 aromatic heterocycles. The van der Waals surface area contributed by atoms with Gasteiger partial charge in [-0.1, -0.05) is 19.1 Å². The van der Waals surface area contributed by atoms with Gasteiger partial charge in [0.1, 0.15) is 5.82 Å². The van der Waals surface area contributed by atoms with Crippen molar-refractivity contribution in [3.05, 3.63) is 53.7 Å². The van der Waals surface area contributed by atoms with E-state index in [2.05, 4.69) is 39.6 Å². The number of carbonyl (C=O) groups is 1. The number of pyridine rings is 1. The highest BCUT2D eigenvalue weighted by molar-refractivity contribution is 5.94. The molecule has 0 atom stereocenters. The Labute approximate surface area is 154 Å². The molecule has 3 rings (SSSR count). The Kier molecular flexibility index (Phi) is 6.57. The van der Waals surface area contributed by atoms with Gasteiger partial charge < -0.3 is 15.4 Å². The Morgan fingerprint density at radius 1 is 1.15 bits per heavy atom. The smallest absolute Gasteiger partial charge is 0.252 e. The van der Waals surface area contributed by atoms with Crippen molar-refractivity contribution in [2.45, 2.75) is 13.3 Å². The van der Waals surface area contributed by atoms with Gasteiger partial charge in [0, 0.05) is 38.1 Å². The fourth-order valence-corrected chi connectivity index (χ4v) is 2.83. The number of nitrogens with zero attached hydrogens (tertiary/aromatic N) is 2. The summed E-state index contributed by atoms with van der Waals surface area (Å²) in [5, 5.41) is 6.19. The van der Waals surface area contributed by atoms with Crippen molar-refractivity contribution < 1.29 is 9.53 Å². The highest BCUT2D eigenvalue weighted by Gasteiger charge is 2.11. The van der Waals surface area contributed by atoms with E-state index in [-0.39, 0.29) is 5.91 Å². The van der Waals surface area contributed by atoms with E-state index in [0.29, 0.717) is 12.1 Å². The summed E-state index contributed by atoms with van der Waals surface area (Å²) in [5.74, 6) is 0.628. The summed E-state index contributed by atoms with van der Waals surface area (Å²) in [4.78, 5) is 18.8. The molecule has 1 fully saturated rings. The Morgan fingerprint density at radius 3 is 2.58 bits per heavy atom. The largest absolute Gasteiger partial charge is 0.379 e. The number of hydrogen-bond acceptors (Lipinski definition) is 5. The third-order valence-electron chi connectivity index (χ3n) is 4.48. The number of hydrogen-bond donors (Lipinski definition) is 2. The maximum Gasteiger partial charge on any atom is 0.252 e. The van der Waals surface area contributed by atoms with Gasteiger partial charge in [-0.15, -0.1) is 0 Å². The van der Waals surface area contributed by atoms with Crippen LogP contribution >= 0.6 is 0 Å². The first-order chi connectivity index (χ1) is 12.7. The van der Waals surface area contributed by atoms with Crippen LogP contribution in [0.1, 0.15) is 22.8 Å². The SMILES string of the molecule is CCc1ccc(Nc2ccc(C(=O)NCCN3CCOCC3)cn2)cc1. The van der Waals surface area contributed by atoms with Gasteiger partial charge in [-0.2, -0.15) is 0 Å². The van der Waals surface area contributed by atoms with Gasteiger partial charge in [0.2, 0.25) is 0 Å². The number of aromatic nitrogens is 1. The third kappa shape index (κ3) is 5.28. The number of anilines is 2. The normalized spacial score (nSPS) is 14.8. The Bertz CT molecular complexity index is 695. The minimum atomic E-state index is -0.0930. The second-order valence-electron chi connectivity index (χ2n) is 6.32. The number of morpholine rings is 1. The highest BCUT2D eigenvalue weighted by Crippen LogP contribution is 2.15. The predicted octanol–water partition coefficient (Wildman–Crippen LogP) is 2.45. The molecule has 0 unspecified atom stereocenters. The molecule has 2 N–H and O–H groups in total. The average molecular weight is 354 g/mol. The van der Waals surface area contributed by atoms with Gasteiger partial charge in [0.05, 0.1) is 18.8 Å². The van der Waals surface area contributed by atoms with Crippen LogP contribution < -0.4 is 10.6 Å². The van der Waals surface area contributed by atoms with Crippen molar-refractivity contribution in [1.29, 1.82) is 0 Å². The van der Waals surface area contributed by atoms with E-state index in [0.717, 1.165) is 50.8 Å². The zero-order valence-electron chi connectivity index (χ0n) is 15.2. The molecule has 0 radical (unpaired) electrons. The average Bonchev–Trinajstić information content (AvgIpc) is 2.70. The number of amides is 1. The summed E-state index contributed by atoms with van der Waals surface area (Å²) in [6.07, 6.45) is 2.63. The van der Waals surface area contributed by atoms with E-state index >= 15 is 0 Å². The lowest BCUT2D eigenvalue weighted by molar-refractivity contribution is 0.0383. The van der Waals surface area contributed by atoms with E-state index in [1.54, 1.807) is 12.3 Å². The molecule has 26 heavy (non-hydrogen) atoms. The van der Waals surface area contributed by atoms with Crippen molar-refractivity contribution in [3.63, 3.8) is 0 Å². The van der Waals surface area contributed by atoms with Crippen LogP contribution in [-0.4, -0.2) is 55.2 Å². The van der Waals surface area contributed by atoms with Crippen LogP contribution in [0.25, 0.3) is 0 Å². The molecule has 0 spiro atoms. The molecule has 138 valence electrons. The zero-order valence-corrected chi connectivity index (χ0v) is 15.2. The first-order valence-corrected chi connectivity index (χ1v) is 9.15. The molecule has 1 amide bonds. The number of benzene rings is 1. The van der Waals surface area contributed by atoms with E-state index in [1.165, 1.54) is 5.56 Å². The molecule has 1 aliphatic rings. The number of aryl methyl sites for hydroxylation is 1. The van der Waals surface area contributed by atoms with E-state index < -0.39 is 0 Å². The highest BCUT2D eigenvalue weighted by atomic mass is 16.5. The van der Waals surface area contributed by atoms with E-state index in [4.69, 9.17) is 4.74 Å². The second kappa shape index (κ2) is 9.31. The van der Waals surface area contributed by atoms with Gasteiger partial charge in [-0.3, -0.25) is 9.69 Å².